The topological polar surface area (TPSA) is 38.5 Å². The molecule has 0 saturated heterocycles. The number of hydrogen-bond acceptors (Lipinski definition) is 4. The summed E-state index contributed by atoms with van der Waals surface area (Å²) < 4.78 is 5.23. The molecular weight excluding hydrogens is 268 g/mol. The lowest BCUT2D eigenvalue weighted by Gasteiger charge is -2.33. The molecule has 0 fully saturated rings. The minimum absolute atomic E-state index is 0.206. The van der Waals surface area contributed by atoms with Crippen LogP contribution in [-0.4, -0.2) is 37.7 Å². The smallest absolute Gasteiger partial charge is 0.0590 e. The van der Waals surface area contributed by atoms with Crippen molar-refractivity contribution in [2.75, 3.05) is 26.8 Å². The first-order chi connectivity index (χ1) is 9.31. The zero-order chi connectivity index (χ0) is 15.3. The third-order valence-corrected chi connectivity index (χ3v) is 5.15. The van der Waals surface area contributed by atoms with E-state index in [9.17, 15) is 0 Å². The van der Waals surface area contributed by atoms with E-state index in [4.69, 9.17) is 10.5 Å². The van der Waals surface area contributed by atoms with Crippen molar-refractivity contribution < 1.29 is 4.74 Å². The quantitative estimate of drug-likeness (QED) is 0.838. The minimum atomic E-state index is 0.206. The normalized spacial score (nSPS) is 14.2. The van der Waals surface area contributed by atoms with E-state index in [1.54, 1.807) is 7.11 Å². The van der Waals surface area contributed by atoms with Crippen molar-refractivity contribution in [2.24, 2.45) is 5.73 Å². The van der Waals surface area contributed by atoms with E-state index in [0.717, 1.165) is 13.2 Å². The highest BCUT2D eigenvalue weighted by molar-refractivity contribution is 7.12. The molecule has 0 aliphatic heterocycles. The number of rotatable bonds is 7. The second kappa shape index (κ2) is 7.55. The maximum Gasteiger partial charge on any atom is 0.0590 e. The molecule has 0 aliphatic rings. The number of nitrogens with zero attached hydrogens (tertiary/aromatic N) is 1. The Labute approximate surface area is 128 Å². The Kier molecular flexibility index (Phi) is 6.65. The summed E-state index contributed by atoms with van der Waals surface area (Å²) in [5.41, 5.74) is 6.26. The highest BCUT2D eigenvalue weighted by Crippen LogP contribution is 2.34. The molecule has 0 saturated carbocycles. The molecule has 0 bridgehead atoms. The van der Waals surface area contributed by atoms with Gasteiger partial charge in [0.05, 0.1) is 12.6 Å². The Morgan fingerprint density at radius 1 is 1.30 bits per heavy atom. The molecule has 0 radical (unpaired) electrons. The summed E-state index contributed by atoms with van der Waals surface area (Å²) in [6, 6.07) is 5.23. The first kappa shape index (κ1) is 17.6. The highest BCUT2D eigenvalue weighted by atomic mass is 32.1. The fourth-order valence-corrected chi connectivity index (χ4v) is 3.52. The van der Waals surface area contributed by atoms with Gasteiger partial charge < -0.3 is 10.5 Å². The van der Waals surface area contributed by atoms with Gasteiger partial charge in [-0.3, -0.25) is 4.90 Å². The number of nitrogens with two attached hydrogens (primary N) is 1. The molecule has 1 rings (SSSR count). The van der Waals surface area contributed by atoms with Crippen LogP contribution in [0.25, 0.3) is 0 Å². The summed E-state index contributed by atoms with van der Waals surface area (Å²) in [7, 11) is 1.75. The molecule has 0 amide bonds. The first-order valence-corrected chi connectivity index (χ1v) is 8.17. The Morgan fingerprint density at radius 2 is 1.95 bits per heavy atom. The molecule has 0 aromatic carbocycles. The largest absolute Gasteiger partial charge is 0.383 e. The van der Waals surface area contributed by atoms with E-state index in [0.29, 0.717) is 12.6 Å². The molecule has 0 aliphatic carbocycles. The van der Waals surface area contributed by atoms with Crippen LogP contribution in [0.1, 0.15) is 50.4 Å². The van der Waals surface area contributed by atoms with Crippen molar-refractivity contribution >= 4 is 11.3 Å². The summed E-state index contributed by atoms with van der Waals surface area (Å²) >= 11 is 1.89. The standard InChI is InChI=1S/C16H30N2OS/c1-12(2)18(9-10-19-6)13(11-17)14-7-8-15(20-14)16(3,4)5/h7-8,12-13H,9-11,17H2,1-6H3. The molecule has 1 heterocycles. The van der Waals surface area contributed by atoms with Crippen LogP contribution in [0.3, 0.4) is 0 Å². The van der Waals surface area contributed by atoms with E-state index in [-0.39, 0.29) is 11.5 Å². The highest BCUT2D eigenvalue weighted by Gasteiger charge is 2.25. The molecule has 4 heteroatoms. The lowest BCUT2D eigenvalue weighted by molar-refractivity contribution is 0.0992. The van der Waals surface area contributed by atoms with E-state index >= 15 is 0 Å². The summed E-state index contributed by atoms with van der Waals surface area (Å²) in [5, 5.41) is 0. The van der Waals surface area contributed by atoms with Gasteiger partial charge in [-0.05, 0) is 31.4 Å². The van der Waals surface area contributed by atoms with Crippen molar-refractivity contribution in [1.82, 2.24) is 4.90 Å². The second-order valence-corrected chi connectivity index (χ2v) is 7.64. The summed E-state index contributed by atoms with van der Waals surface area (Å²) in [6.45, 7) is 13.5. The van der Waals surface area contributed by atoms with Gasteiger partial charge in [0, 0.05) is 36.0 Å². The van der Waals surface area contributed by atoms with Gasteiger partial charge in [0.15, 0.2) is 0 Å². The molecular formula is C16H30N2OS. The average molecular weight is 298 g/mol. The van der Waals surface area contributed by atoms with Crippen molar-refractivity contribution in [3.8, 4) is 0 Å². The number of ether oxygens (including phenoxy) is 1. The lowest BCUT2D eigenvalue weighted by atomic mass is 9.95. The first-order valence-electron chi connectivity index (χ1n) is 7.36. The number of thiophene rings is 1. The maximum atomic E-state index is 6.06. The van der Waals surface area contributed by atoms with Gasteiger partial charge in [0.2, 0.25) is 0 Å². The molecule has 3 nitrogen and oxygen atoms in total. The Hall–Kier alpha value is -0.420. The van der Waals surface area contributed by atoms with Crippen LogP contribution in [-0.2, 0) is 10.2 Å². The predicted octanol–water partition coefficient (Wildman–Crippen LogP) is 3.40. The fourth-order valence-electron chi connectivity index (χ4n) is 2.32. The molecule has 1 aromatic rings. The van der Waals surface area contributed by atoms with Crippen LogP contribution in [0.2, 0.25) is 0 Å². The molecule has 0 spiro atoms. The van der Waals surface area contributed by atoms with Crippen molar-refractivity contribution in [1.29, 1.82) is 0 Å². The third kappa shape index (κ3) is 4.55. The molecule has 116 valence electrons. The van der Waals surface area contributed by atoms with Crippen LogP contribution >= 0.6 is 11.3 Å². The number of hydrogen-bond donors (Lipinski definition) is 1. The molecule has 1 aromatic heterocycles. The maximum absolute atomic E-state index is 6.06. The van der Waals surface area contributed by atoms with E-state index in [1.807, 2.05) is 11.3 Å². The van der Waals surface area contributed by atoms with Crippen LogP contribution in [0.5, 0.6) is 0 Å². The number of methoxy groups -OCH3 is 1. The van der Waals surface area contributed by atoms with E-state index in [1.165, 1.54) is 9.75 Å². The Balaban J connectivity index is 2.95. The Bertz CT molecular complexity index is 395. The van der Waals surface area contributed by atoms with Gasteiger partial charge in [-0.2, -0.15) is 0 Å². The molecule has 2 N–H and O–H groups in total. The molecule has 1 atom stereocenters. The van der Waals surface area contributed by atoms with Crippen LogP contribution < -0.4 is 5.73 Å². The summed E-state index contributed by atoms with van der Waals surface area (Å²) in [6.07, 6.45) is 0. The average Bonchev–Trinajstić information content (AvgIpc) is 2.83. The van der Waals surface area contributed by atoms with Crippen LogP contribution in [0, 0.1) is 0 Å². The van der Waals surface area contributed by atoms with Crippen molar-refractivity contribution in [3.63, 3.8) is 0 Å². The van der Waals surface area contributed by atoms with Gasteiger partial charge in [0.25, 0.3) is 0 Å². The minimum Gasteiger partial charge on any atom is -0.383 e. The zero-order valence-corrected chi connectivity index (χ0v) is 14.6. The SMILES string of the molecule is COCCN(C(C)C)C(CN)c1ccc(C(C)(C)C)s1. The zero-order valence-electron chi connectivity index (χ0n) is 13.8. The van der Waals surface area contributed by atoms with E-state index in [2.05, 4.69) is 51.7 Å². The van der Waals surface area contributed by atoms with Gasteiger partial charge in [-0.15, -0.1) is 11.3 Å². The van der Waals surface area contributed by atoms with Crippen LogP contribution in [0.4, 0.5) is 0 Å². The van der Waals surface area contributed by atoms with Crippen molar-refractivity contribution in [3.05, 3.63) is 21.9 Å². The second-order valence-electron chi connectivity index (χ2n) is 6.53. The van der Waals surface area contributed by atoms with Gasteiger partial charge in [-0.25, -0.2) is 0 Å². The lowest BCUT2D eigenvalue weighted by Crippen LogP contribution is -2.40. The Morgan fingerprint density at radius 3 is 2.35 bits per heavy atom. The van der Waals surface area contributed by atoms with Gasteiger partial charge in [-0.1, -0.05) is 20.8 Å². The van der Waals surface area contributed by atoms with E-state index < -0.39 is 0 Å². The molecule has 1 unspecified atom stereocenters. The summed E-state index contributed by atoms with van der Waals surface area (Å²) in [4.78, 5) is 5.21. The predicted molar refractivity (Wildman–Crippen MR) is 88.5 cm³/mol. The monoisotopic (exact) mass is 298 g/mol. The van der Waals surface area contributed by atoms with Crippen molar-refractivity contribution in [2.45, 2.75) is 52.1 Å². The summed E-state index contributed by atoms with van der Waals surface area (Å²) in [5.74, 6) is 0. The third-order valence-electron chi connectivity index (χ3n) is 3.53. The van der Waals surface area contributed by atoms with Gasteiger partial charge >= 0.3 is 0 Å². The fraction of sp³-hybridized carbons (Fsp3) is 0.750. The van der Waals surface area contributed by atoms with Gasteiger partial charge in [0.1, 0.15) is 0 Å². The molecule has 20 heavy (non-hydrogen) atoms. The van der Waals surface area contributed by atoms with Crippen LogP contribution in [0.15, 0.2) is 12.1 Å².